The van der Waals surface area contributed by atoms with Gasteiger partial charge in [-0.25, -0.2) is 18.4 Å². The van der Waals surface area contributed by atoms with E-state index >= 15 is 0 Å². The molecule has 3 aromatic heterocycles. The van der Waals surface area contributed by atoms with Crippen LogP contribution in [0.2, 0.25) is 0 Å². The molecule has 28 heavy (non-hydrogen) atoms. The first-order valence-corrected chi connectivity index (χ1v) is 11.6. The summed E-state index contributed by atoms with van der Waals surface area (Å²) in [5.74, 6) is -0.306. The van der Waals surface area contributed by atoms with Gasteiger partial charge in [-0.05, 0) is 37.3 Å². The van der Waals surface area contributed by atoms with Crippen molar-refractivity contribution >= 4 is 53.8 Å². The molecule has 0 spiro atoms. The number of amides is 1. The molecule has 1 N–H and O–H groups in total. The number of aryl methyl sites for hydroxylation is 1. The number of thiazole rings is 2. The second-order valence-electron chi connectivity index (χ2n) is 6.02. The number of carbonyl (C=O) groups is 1. The normalized spacial score (nSPS) is 11.6. The molecule has 0 unspecified atom stereocenters. The summed E-state index contributed by atoms with van der Waals surface area (Å²) in [4.78, 5) is 26.5. The molecule has 0 saturated heterocycles. The molecule has 3 heterocycles. The standard InChI is InChI=1S/C18H14N4O3S3/c1-10-15(27-17(20-10)13-5-3-4-8-19-13)16(23)22-18-21-12-7-6-11(28(2,24)25)9-14(12)26-18/h3-9H,1-2H3,(H,21,22,23). The van der Waals surface area contributed by atoms with E-state index in [1.807, 2.05) is 18.2 Å². The summed E-state index contributed by atoms with van der Waals surface area (Å²) in [6.07, 6.45) is 2.83. The Morgan fingerprint density at radius 2 is 1.93 bits per heavy atom. The van der Waals surface area contributed by atoms with Gasteiger partial charge in [0.2, 0.25) is 0 Å². The molecule has 7 nitrogen and oxygen atoms in total. The van der Waals surface area contributed by atoms with Crippen LogP contribution < -0.4 is 5.32 Å². The van der Waals surface area contributed by atoms with E-state index in [1.165, 1.54) is 28.7 Å². The number of nitrogens with zero attached hydrogens (tertiary/aromatic N) is 3. The van der Waals surface area contributed by atoms with Crippen molar-refractivity contribution in [3.8, 4) is 10.7 Å². The average Bonchev–Trinajstić information content (AvgIpc) is 3.23. The van der Waals surface area contributed by atoms with Crippen LogP contribution in [-0.2, 0) is 9.84 Å². The molecule has 0 aliphatic carbocycles. The van der Waals surface area contributed by atoms with Gasteiger partial charge in [0.15, 0.2) is 15.0 Å². The Hall–Kier alpha value is -2.69. The zero-order chi connectivity index (χ0) is 19.9. The van der Waals surface area contributed by atoms with Crippen LogP contribution in [0.25, 0.3) is 20.9 Å². The van der Waals surface area contributed by atoms with Crippen molar-refractivity contribution in [2.24, 2.45) is 0 Å². The molecule has 1 aromatic carbocycles. The molecule has 0 bridgehead atoms. The lowest BCUT2D eigenvalue weighted by Gasteiger charge is -1.98. The van der Waals surface area contributed by atoms with Crippen LogP contribution in [0.15, 0.2) is 47.5 Å². The number of pyridine rings is 1. The lowest BCUT2D eigenvalue weighted by molar-refractivity contribution is 0.103. The van der Waals surface area contributed by atoms with Crippen molar-refractivity contribution in [1.82, 2.24) is 15.0 Å². The molecule has 142 valence electrons. The predicted molar refractivity (Wildman–Crippen MR) is 111 cm³/mol. The SMILES string of the molecule is Cc1nc(-c2ccccn2)sc1C(=O)Nc1nc2ccc(S(C)(=O)=O)cc2s1. The van der Waals surface area contributed by atoms with Gasteiger partial charge in [-0.3, -0.25) is 15.1 Å². The minimum absolute atomic E-state index is 0.222. The molecule has 10 heteroatoms. The van der Waals surface area contributed by atoms with Gasteiger partial charge >= 0.3 is 0 Å². The summed E-state index contributed by atoms with van der Waals surface area (Å²) in [5.41, 5.74) is 1.95. The molecule has 4 aromatic rings. The summed E-state index contributed by atoms with van der Waals surface area (Å²) < 4.78 is 24.1. The Labute approximate surface area is 169 Å². The van der Waals surface area contributed by atoms with E-state index in [-0.39, 0.29) is 10.8 Å². The smallest absolute Gasteiger partial charge is 0.269 e. The van der Waals surface area contributed by atoms with Crippen molar-refractivity contribution in [2.75, 3.05) is 11.6 Å². The Bertz CT molecular complexity index is 1290. The average molecular weight is 431 g/mol. The minimum atomic E-state index is -3.30. The molecular formula is C18H14N4O3S3. The van der Waals surface area contributed by atoms with Gasteiger partial charge in [-0.2, -0.15) is 0 Å². The van der Waals surface area contributed by atoms with Crippen LogP contribution in [0, 0.1) is 6.92 Å². The van der Waals surface area contributed by atoms with Gasteiger partial charge in [0, 0.05) is 12.5 Å². The third kappa shape index (κ3) is 3.66. The second kappa shape index (κ2) is 7.04. The highest BCUT2D eigenvalue weighted by Crippen LogP contribution is 2.30. The van der Waals surface area contributed by atoms with Crippen molar-refractivity contribution in [3.63, 3.8) is 0 Å². The molecule has 0 radical (unpaired) electrons. The number of benzene rings is 1. The van der Waals surface area contributed by atoms with E-state index in [1.54, 1.807) is 25.3 Å². The molecule has 0 saturated carbocycles. The van der Waals surface area contributed by atoms with Crippen LogP contribution >= 0.6 is 22.7 Å². The number of carbonyl (C=O) groups excluding carboxylic acids is 1. The second-order valence-corrected chi connectivity index (χ2v) is 10.1. The van der Waals surface area contributed by atoms with Gasteiger partial charge < -0.3 is 0 Å². The number of hydrogen-bond acceptors (Lipinski definition) is 8. The summed E-state index contributed by atoms with van der Waals surface area (Å²) >= 11 is 2.49. The van der Waals surface area contributed by atoms with Gasteiger partial charge in [0.05, 0.1) is 26.5 Å². The lowest BCUT2D eigenvalue weighted by Crippen LogP contribution is -2.11. The number of hydrogen-bond donors (Lipinski definition) is 1. The molecule has 1 amide bonds. The molecule has 0 atom stereocenters. The first-order valence-electron chi connectivity index (χ1n) is 8.12. The minimum Gasteiger partial charge on any atom is -0.297 e. The summed E-state index contributed by atoms with van der Waals surface area (Å²) in [7, 11) is -3.30. The van der Waals surface area contributed by atoms with E-state index < -0.39 is 9.84 Å². The Morgan fingerprint density at radius 1 is 1.11 bits per heavy atom. The Kier molecular flexibility index (Phi) is 4.69. The predicted octanol–water partition coefficient (Wildman–Crippen LogP) is 3.78. The van der Waals surface area contributed by atoms with Crippen LogP contribution in [0.5, 0.6) is 0 Å². The first-order chi connectivity index (χ1) is 13.3. The number of nitrogens with one attached hydrogen (secondary N) is 1. The fourth-order valence-corrected chi connectivity index (χ4v) is 5.11. The zero-order valence-corrected chi connectivity index (χ0v) is 17.3. The number of fused-ring (bicyclic) bond motifs is 1. The maximum atomic E-state index is 12.7. The molecule has 0 fully saturated rings. The van der Waals surface area contributed by atoms with E-state index in [0.29, 0.717) is 36.6 Å². The third-order valence-corrected chi connectivity index (χ3v) is 7.12. The maximum Gasteiger partial charge on any atom is 0.269 e. The fourth-order valence-electron chi connectivity index (χ4n) is 2.55. The number of rotatable bonds is 4. The molecule has 0 aliphatic heterocycles. The van der Waals surface area contributed by atoms with Gasteiger partial charge in [-0.15, -0.1) is 11.3 Å². The molecular weight excluding hydrogens is 416 g/mol. The topological polar surface area (TPSA) is 102 Å². The van der Waals surface area contributed by atoms with E-state index in [9.17, 15) is 13.2 Å². The fraction of sp³-hybridized carbons (Fsp3) is 0.111. The first kappa shape index (κ1) is 18.7. The zero-order valence-electron chi connectivity index (χ0n) is 14.8. The largest absolute Gasteiger partial charge is 0.297 e. The third-order valence-electron chi connectivity index (χ3n) is 3.90. The monoisotopic (exact) mass is 430 g/mol. The van der Waals surface area contributed by atoms with E-state index in [2.05, 4.69) is 20.3 Å². The number of sulfone groups is 1. The van der Waals surface area contributed by atoms with Gasteiger partial charge in [0.1, 0.15) is 9.88 Å². The molecule has 4 rings (SSSR count). The Morgan fingerprint density at radius 3 is 2.64 bits per heavy atom. The Balaban J connectivity index is 1.61. The lowest BCUT2D eigenvalue weighted by atomic mass is 10.3. The summed E-state index contributed by atoms with van der Waals surface area (Å²) in [6.45, 7) is 1.77. The van der Waals surface area contributed by atoms with Crippen LogP contribution in [-0.4, -0.2) is 35.5 Å². The number of anilines is 1. The van der Waals surface area contributed by atoms with Crippen molar-refractivity contribution in [1.29, 1.82) is 0 Å². The van der Waals surface area contributed by atoms with Crippen molar-refractivity contribution < 1.29 is 13.2 Å². The summed E-state index contributed by atoms with van der Waals surface area (Å²) in [6, 6.07) is 10.2. The summed E-state index contributed by atoms with van der Waals surface area (Å²) in [5, 5.41) is 3.85. The van der Waals surface area contributed by atoms with Crippen molar-refractivity contribution in [2.45, 2.75) is 11.8 Å². The highest BCUT2D eigenvalue weighted by Gasteiger charge is 2.18. The number of aromatic nitrogens is 3. The quantitative estimate of drug-likeness (QED) is 0.529. The van der Waals surface area contributed by atoms with Crippen LogP contribution in [0.3, 0.4) is 0 Å². The van der Waals surface area contributed by atoms with Gasteiger partial charge in [0.25, 0.3) is 5.91 Å². The highest BCUT2D eigenvalue weighted by atomic mass is 32.2. The highest BCUT2D eigenvalue weighted by molar-refractivity contribution is 7.90. The van der Waals surface area contributed by atoms with Crippen LogP contribution in [0.1, 0.15) is 15.4 Å². The molecule has 0 aliphatic rings. The maximum absolute atomic E-state index is 12.7. The van der Waals surface area contributed by atoms with Crippen LogP contribution in [0.4, 0.5) is 5.13 Å². The van der Waals surface area contributed by atoms with E-state index in [4.69, 9.17) is 0 Å². The van der Waals surface area contributed by atoms with Gasteiger partial charge in [-0.1, -0.05) is 17.4 Å². The van der Waals surface area contributed by atoms with E-state index in [0.717, 1.165) is 6.26 Å². The van der Waals surface area contributed by atoms with Crippen molar-refractivity contribution in [3.05, 3.63) is 53.2 Å².